The molecule has 0 unspecified atom stereocenters. The first-order chi connectivity index (χ1) is 14.7. The van der Waals surface area contributed by atoms with E-state index in [1.54, 1.807) is 0 Å². The van der Waals surface area contributed by atoms with Crippen LogP contribution in [0.1, 0.15) is 105 Å². The van der Waals surface area contributed by atoms with Crippen LogP contribution in [0.2, 0.25) is 0 Å². The largest absolute Gasteiger partial charge is 0.462 e. The Morgan fingerprint density at radius 3 is 2.58 bits per heavy atom. The molecule has 0 amide bonds. The fourth-order valence-corrected chi connectivity index (χ4v) is 8.33. The van der Waals surface area contributed by atoms with Crippen molar-refractivity contribution < 1.29 is 14.3 Å². The maximum Gasteiger partial charge on any atom is 0.302 e. The first-order valence-electron chi connectivity index (χ1n) is 13.1. The van der Waals surface area contributed by atoms with Gasteiger partial charge in [0.1, 0.15) is 6.10 Å². The summed E-state index contributed by atoms with van der Waals surface area (Å²) >= 11 is 0. The second kappa shape index (κ2) is 9.02. The lowest BCUT2D eigenvalue weighted by atomic mass is 9.52. The Morgan fingerprint density at radius 2 is 1.87 bits per heavy atom. The molecule has 0 aliphatic heterocycles. The van der Waals surface area contributed by atoms with E-state index in [0.717, 1.165) is 42.6 Å². The number of Topliss-reactive ketones (excluding diaryl/α,β-unsaturated/α-hetero) is 1. The second-order valence-corrected chi connectivity index (χ2v) is 12.0. The Hall–Kier alpha value is -1.12. The van der Waals surface area contributed by atoms with Crippen LogP contribution in [-0.2, 0) is 14.3 Å². The van der Waals surface area contributed by atoms with Crippen molar-refractivity contribution in [3.8, 4) is 0 Å². The summed E-state index contributed by atoms with van der Waals surface area (Å²) < 4.78 is 5.47. The van der Waals surface area contributed by atoms with Crippen LogP contribution < -0.4 is 0 Å². The van der Waals surface area contributed by atoms with Crippen LogP contribution in [0.3, 0.4) is 0 Å². The number of rotatable bonds is 6. The van der Waals surface area contributed by atoms with Gasteiger partial charge >= 0.3 is 5.97 Å². The van der Waals surface area contributed by atoms with Gasteiger partial charge in [-0.1, -0.05) is 52.5 Å². The summed E-state index contributed by atoms with van der Waals surface area (Å²) in [6.45, 7) is 11.2. The summed E-state index contributed by atoms with van der Waals surface area (Å²) in [6, 6.07) is 0. The van der Waals surface area contributed by atoms with Crippen molar-refractivity contribution in [2.45, 2.75) is 111 Å². The first-order valence-corrected chi connectivity index (χ1v) is 13.1. The van der Waals surface area contributed by atoms with Gasteiger partial charge in [-0.05, 0) is 85.0 Å². The highest BCUT2D eigenvalue weighted by atomic mass is 16.5. The van der Waals surface area contributed by atoms with Crippen molar-refractivity contribution in [1.29, 1.82) is 0 Å². The van der Waals surface area contributed by atoms with E-state index in [1.807, 2.05) is 0 Å². The van der Waals surface area contributed by atoms with Crippen LogP contribution in [-0.4, -0.2) is 17.9 Å². The molecule has 0 saturated heterocycles. The first kappa shape index (κ1) is 23.1. The van der Waals surface area contributed by atoms with Gasteiger partial charge in [0.2, 0.25) is 0 Å². The summed E-state index contributed by atoms with van der Waals surface area (Å²) in [4.78, 5) is 24.6. The van der Waals surface area contributed by atoms with E-state index in [9.17, 15) is 9.59 Å². The van der Waals surface area contributed by atoms with Crippen LogP contribution >= 0.6 is 0 Å². The predicted molar refractivity (Wildman–Crippen MR) is 124 cm³/mol. The predicted octanol–water partition coefficient (Wildman–Crippen LogP) is 6.89. The zero-order valence-corrected chi connectivity index (χ0v) is 20.5. The highest BCUT2D eigenvalue weighted by Crippen LogP contribution is 2.64. The van der Waals surface area contributed by atoms with E-state index in [1.165, 1.54) is 57.4 Å². The molecule has 31 heavy (non-hydrogen) atoms. The third-order valence-corrected chi connectivity index (χ3v) is 9.73. The second-order valence-electron chi connectivity index (χ2n) is 12.0. The van der Waals surface area contributed by atoms with E-state index in [2.05, 4.69) is 27.7 Å². The number of carbonyl (C=O) groups is 2. The van der Waals surface area contributed by atoms with E-state index in [-0.39, 0.29) is 12.1 Å². The highest BCUT2D eigenvalue weighted by molar-refractivity contribution is 5.97. The molecule has 7 atom stereocenters. The molecule has 0 aromatic rings. The average molecular weight is 429 g/mol. The van der Waals surface area contributed by atoms with Crippen molar-refractivity contribution >= 4 is 11.8 Å². The summed E-state index contributed by atoms with van der Waals surface area (Å²) in [7, 11) is 0. The molecule has 0 heterocycles. The third kappa shape index (κ3) is 4.40. The molecule has 3 nitrogen and oxygen atoms in total. The molecule has 2 saturated carbocycles. The summed E-state index contributed by atoms with van der Waals surface area (Å²) in [5, 5.41) is 0. The molecule has 0 aromatic heterocycles. The number of fused-ring (bicyclic) bond motifs is 4. The topological polar surface area (TPSA) is 43.4 Å². The SMILES string of the molecule is CC(=O)O[C@@H]1CCC2=C(C1)C(=O)C[C@@H]1[C@@H]2CC[C@]2(C)[C@@H]([C@H](C)CCCC(C)C)CC[C@@H]12. The van der Waals surface area contributed by atoms with Crippen molar-refractivity contribution in [1.82, 2.24) is 0 Å². The number of hydrogen-bond acceptors (Lipinski definition) is 3. The van der Waals surface area contributed by atoms with E-state index in [0.29, 0.717) is 35.4 Å². The van der Waals surface area contributed by atoms with Crippen LogP contribution in [0.25, 0.3) is 0 Å². The van der Waals surface area contributed by atoms with Gasteiger partial charge in [0.05, 0.1) is 0 Å². The lowest BCUT2D eigenvalue weighted by Crippen LogP contribution is -2.46. The molecule has 0 radical (unpaired) electrons. The molecule has 3 heteroatoms. The third-order valence-electron chi connectivity index (χ3n) is 9.73. The monoisotopic (exact) mass is 428 g/mol. The fraction of sp³-hybridized carbons (Fsp3) is 0.857. The van der Waals surface area contributed by atoms with Crippen LogP contribution in [0, 0.1) is 40.9 Å². The molecule has 2 fully saturated rings. The van der Waals surface area contributed by atoms with Gasteiger partial charge in [-0.15, -0.1) is 0 Å². The number of ketones is 1. The maximum atomic E-state index is 13.2. The van der Waals surface area contributed by atoms with E-state index in [4.69, 9.17) is 4.74 Å². The summed E-state index contributed by atoms with van der Waals surface area (Å²) in [5.74, 6) is 4.47. The number of hydrogen-bond donors (Lipinski definition) is 0. The molecular weight excluding hydrogens is 384 g/mol. The Balaban J connectivity index is 1.48. The van der Waals surface area contributed by atoms with Crippen molar-refractivity contribution in [2.24, 2.45) is 40.9 Å². The normalized spacial score (nSPS) is 38.5. The zero-order chi connectivity index (χ0) is 22.3. The summed E-state index contributed by atoms with van der Waals surface area (Å²) in [6.07, 6.45) is 12.5. The van der Waals surface area contributed by atoms with Gasteiger partial charge in [-0.2, -0.15) is 0 Å². The minimum Gasteiger partial charge on any atom is -0.462 e. The Morgan fingerprint density at radius 1 is 1.10 bits per heavy atom. The van der Waals surface area contributed by atoms with E-state index >= 15 is 0 Å². The number of esters is 1. The van der Waals surface area contributed by atoms with Crippen molar-refractivity contribution in [2.75, 3.05) is 0 Å². The quantitative estimate of drug-likeness (QED) is 0.432. The van der Waals surface area contributed by atoms with Gasteiger partial charge in [-0.3, -0.25) is 9.59 Å². The number of carbonyl (C=O) groups excluding carboxylic acids is 2. The maximum absolute atomic E-state index is 13.2. The van der Waals surface area contributed by atoms with Gasteiger partial charge in [0, 0.05) is 19.8 Å². The Bertz CT molecular complexity index is 735. The van der Waals surface area contributed by atoms with Crippen LogP contribution in [0.15, 0.2) is 11.1 Å². The lowest BCUT2D eigenvalue weighted by Gasteiger charge is -2.53. The molecule has 0 N–H and O–H groups in total. The zero-order valence-electron chi connectivity index (χ0n) is 20.5. The summed E-state index contributed by atoms with van der Waals surface area (Å²) in [5.41, 5.74) is 2.92. The fourth-order valence-electron chi connectivity index (χ4n) is 8.33. The van der Waals surface area contributed by atoms with E-state index < -0.39 is 0 Å². The van der Waals surface area contributed by atoms with Gasteiger partial charge in [0.15, 0.2) is 5.78 Å². The molecular formula is C28H44O3. The molecule has 0 spiro atoms. The smallest absolute Gasteiger partial charge is 0.302 e. The molecule has 0 bridgehead atoms. The molecule has 4 aliphatic rings. The Kier molecular flexibility index (Phi) is 6.71. The molecule has 4 aliphatic carbocycles. The minimum absolute atomic E-state index is 0.0897. The van der Waals surface area contributed by atoms with Crippen LogP contribution in [0.5, 0.6) is 0 Å². The van der Waals surface area contributed by atoms with Crippen molar-refractivity contribution in [3.05, 3.63) is 11.1 Å². The number of ether oxygens (including phenoxy) is 1. The molecule has 0 aromatic carbocycles. The van der Waals surface area contributed by atoms with Gasteiger partial charge in [0.25, 0.3) is 0 Å². The number of allylic oxidation sites excluding steroid dienone is 1. The minimum atomic E-state index is -0.219. The molecule has 4 rings (SSSR count). The van der Waals surface area contributed by atoms with Gasteiger partial charge in [-0.25, -0.2) is 0 Å². The molecule has 174 valence electrons. The lowest BCUT2D eigenvalue weighted by molar-refractivity contribution is -0.147. The highest BCUT2D eigenvalue weighted by Gasteiger charge is 2.57. The average Bonchev–Trinajstić information content (AvgIpc) is 3.05. The van der Waals surface area contributed by atoms with Crippen LogP contribution in [0.4, 0.5) is 0 Å². The Labute approximate surface area is 189 Å². The van der Waals surface area contributed by atoms with Gasteiger partial charge < -0.3 is 4.74 Å². The standard InChI is InChI=1S/C28H44O3/c1-17(2)7-6-8-18(3)25-11-12-26-23-16-27(30)24-15-20(31-19(4)29)9-10-21(24)22(23)13-14-28(25,26)5/h17-18,20,22-23,25-26H,6-16H2,1-5H3/t18-,20-,22-,23-,25-,26+,28-/m1/s1. The van der Waals surface area contributed by atoms with Crippen molar-refractivity contribution in [3.63, 3.8) is 0 Å².